The van der Waals surface area contributed by atoms with Gasteiger partial charge in [-0.3, -0.25) is 9.63 Å². The molecule has 100 valence electrons. The highest BCUT2D eigenvalue weighted by atomic mass is 16.7. The summed E-state index contributed by atoms with van der Waals surface area (Å²) in [5.41, 5.74) is 3.27. The predicted octanol–water partition coefficient (Wildman–Crippen LogP) is 2.81. The number of ether oxygens (including phenoxy) is 1. The third-order valence-corrected chi connectivity index (χ3v) is 2.73. The van der Waals surface area contributed by atoms with Crippen LogP contribution in [-0.2, 0) is 16.2 Å². The SMILES string of the molecule is CCOc1ccc2ccccc2c1CONC(C)=O. The van der Waals surface area contributed by atoms with E-state index in [0.29, 0.717) is 6.61 Å². The molecule has 0 aliphatic rings. The number of hydrogen-bond donors (Lipinski definition) is 1. The lowest BCUT2D eigenvalue weighted by molar-refractivity contribution is -0.132. The average molecular weight is 259 g/mol. The molecular weight excluding hydrogens is 242 g/mol. The summed E-state index contributed by atoms with van der Waals surface area (Å²) in [7, 11) is 0. The number of benzene rings is 2. The molecule has 0 saturated carbocycles. The highest BCUT2D eigenvalue weighted by molar-refractivity contribution is 5.87. The standard InChI is InChI=1S/C15H17NO3/c1-3-18-15-9-8-12-6-4-5-7-13(12)14(15)10-19-16-11(2)17/h4-9H,3,10H2,1-2H3,(H,16,17). The van der Waals surface area contributed by atoms with Crippen molar-refractivity contribution in [3.8, 4) is 5.75 Å². The van der Waals surface area contributed by atoms with E-state index in [2.05, 4.69) is 5.48 Å². The summed E-state index contributed by atoms with van der Waals surface area (Å²) in [6.07, 6.45) is 0. The molecule has 2 rings (SSSR count). The molecule has 1 amide bonds. The van der Waals surface area contributed by atoms with Crippen LogP contribution in [0.25, 0.3) is 10.8 Å². The summed E-state index contributed by atoms with van der Waals surface area (Å²) in [4.78, 5) is 16.0. The van der Waals surface area contributed by atoms with Crippen molar-refractivity contribution >= 4 is 16.7 Å². The van der Waals surface area contributed by atoms with Crippen molar-refractivity contribution in [1.82, 2.24) is 5.48 Å². The van der Waals surface area contributed by atoms with Crippen LogP contribution >= 0.6 is 0 Å². The predicted molar refractivity (Wildman–Crippen MR) is 73.7 cm³/mol. The first kappa shape index (κ1) is 13.4. The molecular formula is C15H17NO3. The molecule has 4 nitrogen and oxygen atoms in total. The van der Waals surface area contributed by atoms with E-state index in [1.165, 1.54) is 6.92 Å². The Morgan fingerprint density at radius 3 is 2.74 bits per heavy atom. The third kappa shape index (κ3) is 3.23. The molecule has 0 aliphatic heterocycles. The summed E-state index contributed by atoms with van der Waals surface area (Å²) in [6.45, 7) is 4.21. The van der Waals surface area contributed by atoms with Crippen molar-refractivity contribution in [2.75, 3.05) is 6.61 Å². The molecule has 0 heterocycles. The van der Waals surface area contributed by atoms with E-state index in [1.54, 1.807) is 0 Å². The van der Waals surface area contributed by atoms with Crippen LogP contribution in [0.4, 0.5) is 0 Å². The fourth-order valence-corrected chi connectivity index (χ4v) is 1.97. The summed E-state index contributed by atoms with van der Waals surface area (Å²) >= 11 is 0. The third-order valence-electron chi connectivity index (χ3n) is 2.73. The largest absolute Gasteiger partial charge is 0.493 e. The Kier molecular flexibility index (Phi) is 4.36. The Labute approximate surface area is 112 Å². The smallest absolute Gasteiger partial charge is 0.240 e. The summed E-state index contributed by atoms with van der Waals surface area (Å²) in [5.74, 6) is 0.560. The zero-order valence-electron chi connectivity index (χ0n) is 11.1. The summed E-state index contributed by atoms with van der Waals surface area (Å²) < 4.78 is 5.61. The molecule has 19 heavy (non-hydrogen) atoms. The zero-order chi connectivity index (χ0) is 13.7. The lowest BCUT2D eigenvalue weighted by Crippen LogP contribution is -2.20. The van der Waals surface area contributed by atoms with Crippen LogP contribution < -0.4 is 10.2 Å². The molecule has 0 atom stereocenters. The van der Waals surface area contributed by atoms with Crippen LogP contribution in [0.2, 0.25) is 0 Å². The lowest BCUT2D eigenvalue weighted by Gasteiger charge is -2.13. The zero-order valence-corrected chi connectivity index (χ0v) is 11.1. The molecule has 0 fully saturated rings. The molecule has 0 bridgehead atoms. The molecule has 0 saturated heterocycles. The normalized spacial score (nSPS) is 10.4. The van der Waals surface area contributed by atoms with E-state index in [4.69, 9.17) is 9.57 Å². The molecule has 0 radical (unpaired) electrons. The van der Waals surface area contributed by atoms with Gasteiger partial charge >= 0.3 is 0 Å². The van der Waals surface area contributed by atoms with E-state index in [9.17, 15) is 4.79 Å². The van der Waals surface area contributed by atoms with Gasteiger partial charge in [0.2, 0.25) is 5.91 Å². The average Bonchev–Trinajstić information content (AvgIpc) is 2.40. The molecule has 2 aromatic carbocycles. The lowest BCUT2D eigenvalue weighted by atomic mass is 10.0. The fourth-order valence-electron chi connectivity index (χ4n) is 1.97. The Hall–Kier alpha value is -2.07. The number of nitrogens with one attached hydrogen (secondary N) is 1. The summed E-state index contributed by atoms with van der Waals surface area (Å²) in [5, 5.41) is 2.19. The van der Waals surface area contributed by atoms with Crippen molar-refractivity contribution < 1.29 is 14.4 Å². The first-order valence-electron chi connectivity index (χ1n) is 6.24. The molecule has 0 aromatic heterocycles. The number of carbonyl (C=O) groups excluding carboxylic acids is 1. The number of amides is 1. The van der Waals surface area contributed by atoms with Crippen LogP contribution in [0.15, 0.2) is 36.4 Å². The molecule has 0 unspecified atom stereocenters. The van der Waals surface area contributed by atoms with Gasteiger partial charge in [-0.05, 0) is 23.8 Å². The molecule has 0 aliphatic carbocycles. The van der Waals surface area contributed by atoms with Crippen LogP contribution in [0.5, 0.6) is 5.75 Å². The summed E-state index contributed by atoms with van der Waals surface area (Å²) in [6, 6.07) is 12.0. The van der Waals surface area contributed by atoms with Crippen molar-refractivity contribution in [3.05, 3.63) is 42.0 Å². The van der Waals surface area contributed by atoms with Gasteiger partial charge in [0.1, 0.15) is 12.4 Å². The van der Waals surface area contributed by atoms with Crippen LogP contribution in [-0.4, -0.2) is 12.5 Å². The Morgan fingerprint density at radius 2 is 2.00 bits per heavy atom. The van der Waals surface area contributed by atoms with E-state index in [-0.39, 0.29) is 12.5 Å². The molecule has 4 heteroatoms. The Balaban J connectivity index is 2.34. The maximum absolute atomic E-state index is 10.8. The van der Waals surface area contributed by atoms with Crippen molar-refractivity contribution in [3.63, 3.8) is 0 Å². The van der Waals surface area contributed by atoms with Gasteiger partial charge in [-0.15, -0.1) is 0 Å². The molecule has 0 spiro atoms. The minimum absolute atomic E-state index is 0.224. The minimum Gasteiger partial charge on any atom is -0.493 e. The van der Waals surface area contributed by atoms with Gasteiger partial charge in [-0.1, -0.05) is 30.3 Å². The first-order chi connectivity index (χ1) is 9.22. The number of hydrogen-bond acceptors (Lipinski definition) is 3. The Bertz CT molecular complexity index is 581. The van der Waals surface area contributed by atoms with Crippen LogP contribution in [0, 0.1) is 0 Å². The minimum atomic E-state index is -0.224. The molecule has 1 N–H and O–H groups in total. The second kappa shape index (κ2) is 6.20. The Morgan fingerprint density at radius 1 is 1.21 bits per heavy atom. The highest BCUT2D eigenvalue weighted by Gasteiger charge is 2.09. The second-order valence-corrected chi connectivity index (χ2v) is 4.14. The first-order valence-corrected chi connectivity index (χ1v) is 6.24. The number of carbonyl (C=O) groups is 1. The van der Waals surface area contributed by atoms with E-state index in [1.807, 2.05) is 43.3 Å². The molecule has 2 aromatic rings. The number of rotatable bonds is 5. The van der Waals surface area contributed by atoms with Crippen molar-refractivity contribution in [2.45, 2.75) is 20.5 Å². The van der Waals surface area contributed by atoms with Crippen LogP contribution in [0.3, 0.4) is 0 Å². The van der Waals surface area contributed by atoms with Gasteiger partial charge in [-0.25, -0.2) is 5.48 Å². The van der Waals surface area contributed by atoms with E-state index < -0.39 is 0 Å². The van der Waals surface area contributed by atoms with Crippen LogP contribution in [0.1, 0.15) is 19.4 Å². The van der Waals surface area contributed by atoms with E-state index >= 15 is 0 Å². The van der Waals surface area contributed by atoms with Crippen molar-refractivity contribution in [1.29, 1.82) is 0 Å². The highest BCUT2D eigenvalue weighted by Crippen LogP contribution is 2.28. The van der Waals surface area contributed by atoms with Gasteiger partial charge in [-0.2, -0.15) is 0 Å². The van der Waals surface area contributed by atoms with Gasteiger partial charge in [0.05, 0.1) is 6.61 Å². The van der Waals surface area contributed by atoms with E-state index in [0.717, 1.165) is 22.1 Å². The maximum Gasteiger partial charge on any atom is 0.240 e. The topological polar surface area (TPSA) is 47.6 Å². The van der Waals surface area contributed by atoms with Gasteiger partial charge in [0.15, 0.2) is 0 Å². The van der Waals surface area contributed by atoms with Crippen molar-refractivity contribution in [2.24, 2.45) is 0 Å². The van der Waals surface area contributed by atoms with Gasteiger partial charge in [0, 0.05) is 12.5 Å². The fraction of sp³-hybridized carbons (Fsp3) is 0.267. The maximum atomic E-state index is 10.8. The monoisotopic (exact) mass is 259 g/mol. The van der Waals surface area contributed by atoms with Gasteiger partial charge < -0.3 is 4.74 Å². The van der Waals surface area contributed by atoms with Gasteiger partial charge in [0.25, 0.3) is 0 Å². The number of hydroxylamine groups is 1. The number of fused-ring (bicyclic) bond motifs is 1. The quantitative estimate of drug-likeness (QED) is 0.840. The second-order valence-electron chi connectivity index (χ2n) is 4.14.